The van der Waals surface area contributed by atoms with Crippen LogP contribution in [0.3, 0.4) is 0 Å². The number of hydrogen-bond donors (Lipinski definition) is 1. The molecule has 27 heavy (non-hydrogen) atoms. The largest absolute Gasteiger partial charge is 0.369 e. The molecule has 0 aliphatic carbocycles. The highest BCUT2D eigenvalue weighted by Crippen LogP contribution is 2.23. The average Bonchev–Trinajstić information content (AvgIpc) is 2.68. The van der Waals surface area contributed by atoms with Gasteiger partial charge in [0.25, 0.3) is 0 Å². The van der Waals surface area contributed by atoms with Gasteiger partial charge in [0.15, 0.2) is 17.5 Å². The molecule has 7 heteroatoms. The molecule has 0 radical (unpaired) electrons. The van der Waals surface area contributed by atoms with Crippen molar-refractivity contribution >= 4 is 17.3 Å². The van der Waals surface area contributed by atoms with Crippen LogP contribution in [0, 0.1) is 24.4 Å². The molecule has 0 bridgehead atoms. The van der Waals surface area contributed by atoms with Crippen molar-refractivity contribution in [3.05, 3.63) is 59.4 Å². The van der Waals surface area contributed by atoms with Crippen molar-refractivity contribution < 1.29 is 18.0 Å². The Morgan fingerprint density at radius 1 is 1.00 bits per heavy atom. The van der Waals surface area contributed by atoms with Gasteiger partial charge < -0.3 is 10.2 Å². The summed E-state index contributed by atoms with van der Waals surface area (Å²) < 4.78 is 40.1. The Morgan fingerprint density at radius 2 is 1.67 bits per heavy atom. The number of nitrogens with zero attached hydrogens (tertiary/aromatic N) is 2. The lowest BCUT2D eigenvalue weighted by Crippen LogP contribution is -2.53. The van der Waals surface area contributed by atoms with Crippen LogP contribution >= 0.6 is 0 Å². The molecular weight excluding hydrogens is 355 g/mol. The molecule has 4 nitrogen and oxygen atoms in total. The fraction of sp³-hybridized carbons (Fsp3) is 0.350. The monoisotopic (exact) mass is 377 g/mol. The van der Waals surface area contributed by atoms with Gasteiger partial charge >= 0.3 is 0 Å². The number of aryl methyl sites for hydroxylation is 1. The van der Waals surface area contributed by atoms with Crippen LogP contribution in [0.1, 0.15) is 12.5 Å². The lowest BCUT2D eigenvalue weighted by Gasteiger charge is -2.39. The smallest absolute Gasteiger partial charge is 0.241 e. The number of carbonyl (C=O) groups excluding carboxylic acids is 1. The van der Waals surface area contributed by atoms with Gasteiger partial charge in [0.1, 0.15) is 0 Å². The van der Waals surface area contributed by atoms with E-state index in [0.717, 1.165) is 25.2 Å². The van der Waals surface area contributed by atoms with Crippen molar-refractivity contribution in [1.82, 2.24) is 4.90 Å². The van der Waals surface area contributed by atoms with Gasteiger partial charge in [0, 0.05) is 31.9 Å². The maximum Gasteiger partial charge on any atom is 0.241 e. The first-order valence-electron chi connectivity index (χ1n) is 8.87. The fourth-order valence-electron chi connectivity index (χ4n) is 3.29. The predicted octanol–water partition coefficient (Wildman–Crippen LogP) is 3.56. The lowest BCUT2D eigenvalue weighted by atomic mass is 10.1. The maximum absolute atomic E-state index is 13.8. The summed E-state index contributed by atoms with van der Waals surface area (Å²) in [5.41, 5.74) is 2.02. The molecule has 3 rings (SSSR count). The van der Waals surface area contributed by atoms with Crippen molar-refractivity contribution in [2.24, 2.45) is 0 Å². The molecule has 2 aromatic rings. The minimum absolute atomic E-state index is 0.357. The summed E-state index contributed by atoms with van der Waals surface area (Å²) in [6, 6.07) is 9.44. The first kappa shape index (κ1) is 19.2. The van der Waals surface area contributed by atoms with Crippen molar-refractivity contribution in [1.29, 1.82) is 0 Å². The molecule has 0 saturated carbocycles. The van der Waals surface area contributed by atoms with Crippen molar-refractivity contribution in [2.75, 3.05) is 36.4 Å². The third-order valence-electron chi connectivity index (χ3n) is 4.99. The number of anilines is 2. The molecule has 1 fully saturated rings. The number of para-hydroxylation sites is 1. The van der Waals surface area contributed by atoms with Gasteiger partial charge in [-0.25, -0.2) is 13.2 Å². The van der Waals surface area contributed by atoms with Crippen molar-refractivity contribution in [3.8, 4) is 0 Å². The summed E-state index contributed by atoms with van der Waals surface area (Å²) >= 11 is 0. The second kappa shape index (κ2) is 8.00. The molecule has 0 aromatic heterocycles. The van der Waals surface area contributed by atoms with Crippen molar-refractivity contribution in [2.45, 2.75) is 19.9 Å². The normalized spacial score (nSPS) is 16.3. The highest BCUT2D eigenvalue weighted by Gasteiger charge is 2.27. The van der Waals surface area contributed by atoms with Crippen LogP contribution in [-0.4, -0.2) is 43.0 Å². The summed E-state index contributed by atoms with van der Waals surface area (Å²) in [6.07, 6.45) is 0. The van der Waals surface area contributed by atoms with E-state index < -0.39 is 29.4 Å². The summed E-state index contributed by atoms with van der Waals surface area (Å²) in [7, 11) is 0. The number of piperazine rings is 1. The van der Waals surface area contributed by atoms with Crippen molar-refractivity contribution in [3.63, 3.8) is 0 Å². The standard InChI is InChI=1S/C20H22F3N3O/c1-13-5-3-4-6-17(13)26-11-9-25(10-12-26)14(2)20(27)24-16-8-7-15(21)18(22)19(16)23/h3-8,14H,9-12H2,1-2H3,(H,24,27)/t14-/m1/s1. The van der Waals surface area contributed by atoms with Crippen LogP contribution in [0.5, 0.6) is 0 Å². The minimum Gasteiger partial charge on any atom is -0.369 e. The molecule has 144 valence electrons. The van der Waals surface area contributed by atoms with Crippen LogP contribution in [0.4, 0.5) is 24.5 Å². The van der Waals surface area contributed by atoms with E-state index in [2.05, 4.69) is 29.3 Å². The van der Waals surface area contributed by atoms with E-state index in [0.29, 0.717) is 13.1 Å². The molecule has 0 spiro atoms. The second-order valence-corrected chi connectivity index (χ2v) is 6.70. The van der Waals surface area contributed by atoms with E-state index in [1.54, 1.807) is 6.92 Å². The maximum atomic E-state index is 13.8. The molecule has 1 heterocycles. The van der Waals surface area contributed by atoms with E-state index in [1.807, 2.05) is 17.0 Å². The first-order chi connectivity index (χ1) is 12.9. The number of nitrogens with one attached hydrogen (secondary N) is 1. The number of halogens is 3. The number of rotatable bonds is 4. The van der Waals surface area contributed by atoms with Gasteiger partial charge in [-0.3, -0.25) is 9.69 Å². The molecule has 1 aliphatic heterocycles. The molecule has 1 N–H and O–H groups in total. The second-order valence-electron chi connectivity index (χ2n) is 6.70. The van der Waals surface area contributed by atoms with E-state index in [1.165, 1.54) is 11.3 Å². The highest BCUT2D eigenvalue weighted by molar-refractivity contribution is 5.94. The molecule has 1 atom stereocenters. The number of carbonyl (C=O) groups is 1. The predicted molar refractivity (Wildman–Crippen MR) is 99.4 cm³/mol. The van der Waals surface area contributed by atoms with E-state index in [9.17, 15) is 18.0 Å². The first-order valence-corrected chi connectivity index (χ1v) is 8.87. The number of benzene rings is 2. The third kappa shape index (κ3) is 4.08. The van der Waals surface area contributed by atoms with Crippen LogP contribution < -0.4 is 10.2 Å². The van der Waals surface area contributed by atoms with E-state index >= 15 is 0 Å². The molecule has 1 amide bonds. The Bertz CT molecular complexity index is 835. The summed E-state index contributed by atoms with van der Waals surface area (Å²) in [6.45, 7) is 6.65. The number of amides is 1. The zero-order valence-electron chi connectivity index (χ0n) is 15.3. The summed E-state index contributed by atoms with van der Waals surface area (Å²) in [4.78, 5) is 16.7. The third-order valence-corrected chi connectivity index (χ3v) is 4.99. The highest BCUT2D eigenvalue weighted by atomic mass is 19.2. The quantitative estimate of drug-likeness (QED) is 0.828. The zero-order chi connectivity index (χ0) is 19.6. The van der Waals surface area contributed by atoms with Crippen LogP contribution in [0.2, 0.25) is 0 Å². The van der Waals surface area contributed by atoms with Gasteiger partial charge in [0.2, 0.25) is 5.91 Å². The molecule has 0 unspecified atom stereocenters. The topological polar surface area (TPSA) is 35.6 Å². The zero-order valence-corrected chi connectivity index (χ0v) is 15.3. The summed E-state index contributed by atoms with van der Waals surface area (Å²) in [5.74, 6) is -4.72. The molecule has 1 saturated heterocycles. The molecule has 2 aromatic carbocycles. The van der Waals surface area contributed by atoms with E-state index in [-0.39, 0.29) is 5.69 Å². The lowest BCUT2D eigenvalue weighted by molar-refractivity contribution is -0.120. The van der Waals surface area contributed by atoms with Crippen LogP contribution in [0.15, 0.2) is 36.4 Å². The average molecular weight is 377 g/mol. The number of hydrogen-bond acceptors (Lipinski definition) is 3. The molecule has 1 aliphatic rings. The Hall–Kier alpha value is -2.54. The SMILES string of the molecule is Cc1ccccc1N1CCN([C@H](C)C(=O)Nc2ccc(F)c(F)c2F)CC1. The fourth-order valence-corrected chi connectivity index (χ4v) is 3.29. The van der Waals surface area contributed by atoms with Gasteiger partial charge in [-0.05, 0) is 37.6 Å². The van der Waals surface area contributed by atoms with Gasteiger partial charge in [0.05, 0.1) is 11.7 Å². The van der Waals surface area contributed by atoms with E-state index in [4.69, 9.17) is 0 Å². The Balaban J connectivity index is 1.61. The Labute approximate surface area is 156 Å². The molecular formula is C20H22F3N3O. The van der Waals surface area contributed by atoms with Gasteiger partial charge in [-0.15, -0.1) is 0 Å². The van der Waals surface area contributed by atoms with Gasteiger partial charge in [-0.1, -0.05) is 18.2 Å². The minimum atomic E-state index is -1.59. The van der Waals surface area contributed by atoms with Gasteiger partial charge in [-0.2, -0.15) is 0 Å². The Morgan fingerprint density at radius 3 is 2.33 bits per heavy atom. The Kier molecular flexibility index (Phi) is 5.70. The van der Waals surface area contributed by atoms with Crippen LogP contribution in [0.25, 0.3) is 0 Å². The van der Waals surface area contributed by atoms with Crippen LogP contribution in [-0.2, 0) is 4.79 Å². The summed E-state index contributed by atoms with van der Waals surface area (Å²) in [5, 5.41) is 2.35.